The van der Waals surface area contributed by atoms with E-state index in [1.165, 1.54) is 116 Å². The first-order valence-corrected chi connectivity index (χ1v) is 24.8. The predicted molar refractivity (Wildman–Crippen MR) is 289 cm³/mol. The van der Waals surface area contributed by atoms with Gasteiger partial charge in [0, 0.05) is 37.5 Å². The molecule has 2 nitrogen and oxygen atoms in total. The first kappa shape index (κ1) is 45.1. The summed E-state index contributed by atoms with van der Waals surface area (Å²) in [6.07, 6.45) is 0. The van der Waals surface area contributed by atoms with Gasteiger partial charge >= 0.3 is 0 Å². The van der Waals surface area contributed by atoms with E-state index in [0.29, 0.717) is 0 Å². The highest BCUT2D eigenvalue weighted by molar-refractivity contribution is 7.33. The first-order valence-electron chi connectivity index (χ1n) is 24.0. The number of hydrogen-bond donors (Lipinski definition) is 0. The molecule has 0 bridgehead atoms. The van der Waals surface area contributed by atoms with Crippen molar-refractivity contribution in [3.63, 3.8) is 0 Å². The average molecular weight is 875 g/mol. The van der Waals surface area contributed by atoms with Crippen LogP contribution in [0.1, 0.15) is 148 Å². The van der Waals surface area contributed by atoms with Crippen molar-refractivity contribution in [1.29, 1.82) is 0 Å². The van der Waals surface area contributed by atoms with Crippen LogP contribution in [0.5, 0.6) is 0 Å². The van der Waals surface area contributed by atoms with Crippen molar-refractivity contribution in [2.75, 3.05) is 9.80 Å². The van der Waals surface area contributed by atoms with Crippen LogP contribution in [-0.4, -0.2) is 6.71 Å². The third kappa shape index (κ3) is 7.66. The molecular formula is C61H71BN2S. The minimum absolute atomic E-state index is 0.0165. The number of fused-ring (bicyclic) bond motifs is 6. The summed E-state index contributed by atoms with van der Waals surface area (Å²) in [6, 6.07) is 41.3. The topological polar surface area (TPSA) is 6.48 Å². The summed E-state index contributed by atoms with van der Waals surface area (Å²) in [5.74, 6) is 0. The van der Waals surface area contributed by atoms with Crippen LogP contribution < -0.4 is 25.5 Å². The normalized spacial score (nSPS) is 14.2. The van der Waals surface area contributed by atoms with E-state index in [-0.39, 0.29) is 33.8 Å². The number of rotatable bonds is 3. The molecule has 4 heteroatoms. The van der Waals surface area contributed by atoms with E-state index in [4.69, 9.17) is 0 Å². The molecule has 0 saturated heterocycles. The molecule has 334 valence electrons. The van der Waals surface area contributed by atoms with Crippen LogP contribution in [0.4, 0.5) is 34.1 Å². The molecule has 1 aromatic heterocycles. The van der Waals surface area contributed by atoms with Crippen molar-refractivity contribution >= 4 is 78.0 Å². The van der Waals surface area contributed by atoms with E-state index < -0.39 is 0 Å². The molecule has 0 spiro atoms. The Kier molecular flexibility index (Phi) is 10.4. The fraction of sp³-hybridized carbons (Fsp3) is 0.377. The molecule has 0 fully saturated rings. The Labute approximate surface area is 396 Å². The standard InChI is InChI=1S/C61H71BN2S/c1-36-28-50-53-51(29-36)64(54-37(2)20-19-21-38(54)3)55-46-34-41(58(7,8)9)24-27-52(46)65-56(55)62(53)47-35-42(59(10,11)12)23-26-49(47)63(50)48-25-22-40(57(4,5)6)33-45(48)39-30-43(60(13,14)15)32-44(31-39)61(16,17)18/h19-35H,1-18H3. The van der Waals surface area contributed by atoms with Crippen molar-refractivity contribution < 1.29 is 0 Å². The van der Waals surface area contributed by atoms with Crippen molar-refractivity contribution in [3.05, 3.63) is 148 Å². The minimum Gasteiger partial charge on any atom is -0.311 e. The monoisotopic (exact) mass is 875 g/mol. The molecule has 0 radical (unpaired) electrons. The molecule has 6 aromatic carbocycles. The molecule has 3 heterocycles. The summed E-state index contributed by atoms with van der Waals surface area (Å²) in [5.41, 5.74) is 23.5. The Balaban J connectivity index is 1.44. The zero-order valence-electron chi connectivity index (χ0n) is 42.7. The van der Waals surface area contributed by atoms with Crippen LogP contribution in [0, 0.1) is 20.8 Å². The van der Waals surface area contributed by atoms with Gasteiger partial charge in [-0.2, -0.15) is 0 Å². The number of para-hydroxylation sites is 1. The lowest BCUT2D eigenvalue weighted by Gasteiger charge is -2.45. The van der Waals surface area contributed by atoms with Gasteiger partial charge in [0.15, 0.2) is 0 Å². The number of hydrogen-bond acceptors (Lipinski definition) is 3. The van der Waals surface area contributed by atoms with Crippen molar-refractivity contribution in [3.8, 4) is 11.1 Å². The van der Waals surface area contributed by atoms with Crippen LogP contribution in [0.25, 0.3) is 21.2 Å². The average Bonchev–Trinajstić information content (AvgIpc) is 3.58. The molecule has 0 atom stereocenters. The lowest BCUT2D eigenvalue weighted by atomic mass is 9.36. The van der Waals surface area contributed by atoms with Crippen LogP contribution in [0.2, 0.25) is 0 Å². The highest BCUT2D eigenvalue weighted by Crippen LogP contribution is 2.52. The van der Waals surface area contributed by atoms with E-state index in [1.54, 1.807) is 0 Å². The van der Waals surface area contributed by atoms with Crippen LogP contribution in [-0.2, 0) is 27.1 Å². The maximum Gasteiger partial charge on any atom is 0.264 e. The number of benzene rings is 6. The van der Waals surface area contributed by atoms with Gasteiger partial charge in [-0.3, -0.25) is 0 Å². The quantitative estimate of drug-likeness (QED) is 0.163. The summed E-state index contributed by atoms with van der Waals surface area (Å²) in [7, 11) is 0. The fourth-order valence-corrected chi connectivity index (χ4v) is 11.6. The van der Waals surface area contributed by atoms with Crippen molar-refractivity contribution in [2.45, 2.75) is 152 Å². The molecule has 0 unspecified atom stereocenters. The van der Waals surface area contributed by atoms with Crippen LogP contribution in [0.3, 0.4) is 0 Å². The molecule has 0 N–H and O–H groups in total. The Hall–Kier alpha value is -5.06. The molecule has 9 rings (SSSR count). The van der Waals surface area contributed by atoms with Gasteiger partial charge < -0.3 is 9.80 Å². The van der Waals surface area contributed by atoms with Gasteiger partial charge in [0.25, 0.3) is 6.71 Å². The predicted octanol–water partition coefficient (Wildman–Crippen LogP) is 16.1. The van der Waals surface area contributed by atoms with E-state index in [1.807, 2.05) is 11.3 Å². The lowest BCUT2D eigenvalue weighted by Crippen LogP contribution is -2.60. The lowest BCUT2D eigenvalue weighted by molar-refractivity contribution is 0.569. The van der Waals surface area contributed by atoms with Gasteiger partial charge in [-0.05, 0) is 151 Å². The van der Waals surface area contributed by atoms with Gasteiger partial charge in [0.05, 0.1) is 17.1 Å². The highest BCUT2D eigenvalue weighted by Gasteiger charge is 2.46. The van der Waals surface area contributed by atoms with Crippen molar-refractivity contribution in [1.82, 2.24) is 0 Å². The second kappa shape index (κ2) is 15.0. The summed E-state index contributed by atoms with van der Waals surface area (Å²) < 4.78 is 2.77. The highest BCUT2D eigenvalue weighted by atomic mass is 32.1. The summed E-state index contributed by atoms with van der Waals surface area (Å²) in [4.78, 5) is 5.34. The molecule has 0 aliphatic carbocycles. The number of anilines is 6. The second-order valence-electron chi connectivity index (χ2n) is 24.6. The zero-order chi connectivity index (χ0) is 47.1. The second-order valence-corrected chi connectivity index (χ2v) is 25.7. The molecule has 7 aromatic rings. The summed E-state index contributed by atoms with van der Waals surface area (Å²) >= 11 is 2.00. The van der Waals surface area contributed by atoms with E-state index in [9.17, 15) is 0 Å². The fourth-order valence-electron chi connectivity index (χ4n) is 10.3. The summed E-state index contributed by atoms with van der Waals surface area (Å²) in [6.45, 7) is 42.2. The molecule has 0 saturated carbocycles. The third-order valence-electron chi connectivity index (χ3n) is 14.3. The number of thiophene rings is 1. The smallest absolute Gasteiger partial charge is 0.264 e. The summed E-state index contributed by atoms with van der Waals surface area (Å²) in [5, 5.41) is 1.35. The first-order chi connectivity index (χ1) is 30.1. The largest absolute Gasteiger partial charge is 0.311 e. The van der Waals surface area contributed by atoms with Gasteiger partial charge in [-0.25, -0.2) is 0 Å². The van der Waals surface area contributed by atoms with E-state index in [0.717, 1.165) is 0 Å². The Morgan fingerprint density at radius 1 is 0.431 bits per heavy atom. The molecule has 2 aliphatic rings. The van der Waals surface area contributed by atoms with E-state index >= 15 is 0 Å². The van der Waals surface area contributed by atoms with Gasteiger partial charge in [0.1, 0.15) is 0 Å². The van der Waals surface area contributed by atoms with Crippen molar-refractivity contribution in [2.24, 2.45) is 0 Å². The van der Waals surface area contributed by atoms with Crippen LogP contribution >= 0.6 is 11.3 Å². The number of aryl methyl sites for hydroxylation is 3. The Morgan fingerprint density at radius 2 is 0.923 bits per heavy atom. The Bertz CT molecular complexity index is 3000. The maximum atomic E-state index is 2.68. The Morgan fingerprint density at radius 3 is 1.48 bits per heavy atom. The molecule has 2 aliphatic heterocycles. The number of nitrogens with zero attached hydrogens (tertiary/aromatic N) is 2. The van der Waals surface area contributed by atoms with Crippen LogP contribution in [0.15, 0.2) is 103 Å². The third-order valence-corrected chi connectivity index (χ3v) is 15.5. The molecule has 0 amide bonds. The maximum absolute atomic E-state index is 2.68. The molecular weight excluding hydrogens is 804 g/mol. The zero-order valence-corrected chi connectivity index (χ0v) is 43.5. The van der Waals surface area contributed by atoms with Gasteiger partial charge in [-0.1, -0.05) is 165 Å². The van der Waals surface area contributed by atoms with Gasteiger partial charge in [0.2, 0.25) is 0 Å². The molecule has 65 heavy (non-hydrogen) atoms. The SMILES string of the molecule is Cc1cc2c3c(c1)N(c1c(C)cccc1C)c1c(sc4ccc(C(C)(C)C)cc14)B3c1cc(C(C)(C)C)ccc1N2c1ccc(C(C)(C)C)cc1-c1cc(C(C)(C)C)cc(C(C)(C)C)c1. The minimum atomic E-state index is -0.0346. The van der Waals surface area contributed by atoms with Gasteiger partial charge in [-0.15, -0.1) is 11.3 Å². The van der Waals surface area contributed by atoms with E-state index in [2.05, 4.69) is 238 Å².